The summed E-state index contributed by atoms with van der Waals surface area (Å²) in [6.45, 7) is 0. The molecule has 2 atom stereocenters. The number of oxime groups is 1. The van der Waals surface area contributed by atoms with Crippen molar-refractivity contribution in [3.63, 3.8) is 0 Å². The number of β-lactam (4-membered cyclic amide) rings is 1. The number of hydrogen-bond donors (Lipinski definition) is 2. The van der Waals surface area contributed by atoms with E-state index in [0.29, 0.717) is 27.8 Å². The average Bonchev–Trinajstić information content (AvgIpc) is 1.49. The van der Waals surface area contributed by atoms with Crippen LogP contribution in [0.1, 0.15) is 69.1 Å². The Labute approximate surface area is 490 Å². The van der Waals surface area contributed by atoms with Gasteiger partial charge < -0.3 is 24.4 Å². The number of nitrogens with one attached hydrogen (secondary N) is 2. The third-order valence-electron chi connectivity index (χ3n) is 14.6. The minimum absolute atomic E-state index is 0.0194. The van der Waals surface area contributed by atoms with Crippen LogP contribution in [0.3, 0.4) is 0 Å². The molecule has 2 aliphatic rings. The van der Waals surface area contributed by atoms with E-state index in [1.807, 2.05) is 182 Å². The van der Waals surface area contributed by atoms with Gasteiger partial charge in [-0.2, -0.15) is 21.6 Å². The number of ether oxygens (including phenoxy) is 1. The third-order valence-corrected chi connectivity index (χ3v) is 16.7. The number of halogens is 4. The number of thiazole rings is 1. The van der Waals surface area contributed by atoms with Gasteiger partial charge in [-0.15, -0.1) is 0 Å². The molecule has 3 heterocycles. The minimum atomic E-state index is -6.37. The highest BCUT2D eigenvalue weighted by Crippen LogP contribution is 2.45. The average molecular weight is 1180 g/mol. The summed E-state index contributed by atoms with van der Waals surface area (Å²) in [6, 6.07) is 70.9. The Hall–Kier alpha value is -9.36. The predicted octanol–water partition coefficient (Wildman–Crippen LogP) is 12.8. The normalized spacial score (nSPS) is 15.6. The molecular formula is C65H49ClF3N5O8S2. The molecule has 0 radical (unpaired) electrons. The molecule has 0 saturated carbocycles. The van der Waals surface area contributed by atoms with Gasteiger partial charge in [-0.25, -0.2) is 9.78 Å². The number of amides is 2. The second-order valence-corrected chi connectivity index (χ2v) is 22.7. The zero-order valence-electron chi connectivity index (χ0n) is 44.2. The van der Waals surface area contributed by atoms with Crippen molar-refractivity contribution in [1.82, 2.24) is 15.2 Å². The van der Waals surface area contributed by atoms with E-state index in [9.17, 15) is 31.2 Å². The Morgan fingerprint density at radius 2 is 1.04 bits per heavy atom. The van der Waals surface area contributed by atoms with Crippen molar-refractivity contribution in [2.75, 3.05) is 5.32 Å². The molecule has 422 valence electrons. The molecule has 1 saturated heterocycles. The zero-order chi connectivity index (χ0) is 58.5. The lowest BCUT2D eigenvalue weighted by molar-refractivity contribution is -0.159. The molecule has 13 nitrogen and oxygen atoms in total. The summed E-state index contributed by atoms with van der Waals surface area (Å²) in [6.07, 6.45) is -2.08. The summed E-state index contributed by atoms with van der Waals surface area (Å²) < 4.78 is 78.0. The maximum absolute atomic E-state index is 15.5. The van der Waals surface area contributed by atoms with Gasteiger partial charge in [-0.3, -0.25) is 14.5 Å². The molecule has 9 aromatic rings. The lowest BCUT2D eigenvalue weighted by Crippen LogP contribution is -2.72. The SMILES string of the molecule is O=C(OC(c1ccccc1)c1ccccc1)C1=C(OS(=O)(=O)C(F)(F)F)CC[C@@H]2[C@H](NC(=O)/C(=N\OC(c3ccccc3)(c3ccccc3)c3ccccc3)c3nc(NC(c4ccccc4)(c4ccccc4)c4ccccc4)sc3Cl)C(=O)N12. The number of carbonyl (C=O) groups is 3. The van der Waals surface area contributed by atoms with Crippen LogP contribution >= 0.6 is 22.9 Å². The summed E-state index contributed by atoms with van der Waals surface area (Å²) in [5.74, 6) is -4.39. The smallest absolute Gasteiger partial charge is 0.448 e. The standard InChI is InChI=1S/C65H49ClF3N5O8S2/c66-58-54(71-62(83-58)72-63(45-29-13-3-14-30-45,46-31-15-4-16-32-46)47-33-17-5-18-34-47)55(73-82-64(48-35-19-6-20-36-48,49-37-21-7-22-38-49)50-39-23-8-24-40-50)59(75)70-53-51-41-42-52(81-84(78,79)65(67,68)69)56(74(51)60(53)76)61(77)80-57(43-25-9-1-10-26-43)44-27-11-2-12-28-44/h1-40,51,53,57H,41-42H2,(H,70,75)(H,71,72)/b73-55-/t51-,53+/m1/s1. The number of fused-ring (bicyclic) bond motifs is 1. The summed E-state index contributed by atoms with van der Waals surface area (Å²) in [7, 11) is -6.37. The summed E-state index contributed by atoms with van der Waals surface area (Å²) in [4.78, 5) is 57.6. The highest BCUT2D eigenvalue weighted by molar-refractivity contribution is 7.87. The number of nitrogens with zero attached hydrogens (tertiary/aromatic N) is 3. The van der Waals surface area contributed by atoms with Crippen molar-refractivity contribution >= 4 is 61.7 Å². The number of allylic oxidation sites excluding steroid dienone is 1. The first-order valence-corrected chi connectivity index (χ1v) is 29.0. The lowest BCUT2D eigenvalue weighted by Gasteiger charge is -2.49. The molecule has 2 N–H and O–H groups in total. The van der Waals surface area contributed by atoms with E-state index in [1.165, 1.54) is 0 Å². The van der Waals surface area contributed by atoms with Gasteiger partial charge >= 0.3 is 21.6 Å². The number of hydrogen-bond acceptors (Lipinski definition) is 12. The van der Waals surface area contributed by atoms with Crippen LogP contribution in [0.4, 0.5) is 18.3 Å². The van der Waals surface area contributed by atoms with Crippen LogP contribution in [-0.2, 0) is 49.4 Å². The molecule has 0 aliphatic carbocycles. The van der Waals surface area contributed by atoms with Gasteiger partial charge in [0.2, 0.25) is 5.60 Å². The molecule has 0 spiro atoms. The Morgan fingerprint density at radius 3 is 1.45 bits per heavy atom. The molecule has 19 heteroatoms. The van der Waals surface area contributed by atoms with E-state index in [-0.39, 0.29) is 21.6 Å². The maximum Gasteiger partial charge on any atom is 0.534 e. The van der Waals surface area contributed by atoms with Crippen LogP contribution in [0.5, 0.6) is 0 Å². The molecule has 2 aliphatic heterocycles. The Balaban J connectivity index is 1.01. The van der Waals surface area contributed by atoms with E-state index in [1.54, 1.807) is 60.7 Å². The van der Waals surface area contributed by atoms with Crippen LogP contribution < -0.4 is 10.6 Å². The molecule has 84 heavy (non-hydrogen) atoms. The van der Waals surface area contributed by atoms with E-state index in [2.05, 4.69) is 14.8 Å². The van der Waals surface area contributed by atoms with Gasteiger partial charge in [-0.05, 0) is 34.2 Å². The van der Waals surface area contributed by atoms with Gasteiger partial charge in [0.05, 0.1) is 6.04 Å². The quantitative estimate of drug-likeness (QED) is 0.0151. The molecule has 0 bridgehead atoms. The molecule has 8 aromatic carbocycles. The first-order chi connectivity index (χ1) is 40.7. The van der Waals surface area contributed by atoms with Crippen molar-refractivity contribution < 1.29 is 49.7 Å². The van der Waals surface area contributed by atoms with Crippen LogP contribution in [0.15, 0.2) is 259 Å². The zero-order valence-corrected chi connectivity index (χ0v) is 46.6. The van der Waals surface area contributed by atoms with E-state index in [0.717, 1.165) is 32.9 Å². The van der Waals surface area contributed by atoms with Crippen molar-refractivity contribution in [3.05, 3.63) is 309 Å². The summed E-state index contributed by atoms with van der Waals surface area (Å²) in [5.41, 5.74) is -4.88. The number of rotatable bonds is 19. The second kappa shape index (κ2) is 23.9. The highest BCUT2D eigenvalue weighted by Gasteiger charge is 2.57. The van der Waals surface area contributed by atoms with Crippen LogP contribution in [0, 0.1) is 0 Å². The van der Waals surface area contributed by atoms with E-state index in [4.69, 9.17) is 31.3 Å². The first-order valence-electron chi connectivity index (χ1n) is 26.4. The first kappa shape index (κ1) is 56.5. The second-order valence-electron chi connectivity index (χ2n) is 19.6. The van der Waals surface area contributed by atoms with E-state index >= 15 is 4.79 Å². The Kier molecular flexibility index (Phi) is 16.0. The Morgan fingerprint density at radius 1 is 0.631 bits per heavy atom. The van der Waals surface area contributed by atoms with Crippen LogP contribution in [-0.4, -0.2) is 59.4 Å². The number of anilines is 1. The van der Waals surface area contributed by atoms with Gasteiger partial charge in [0.25, 0.3) is 11.8 Å². The number of alkyl halides is 3. The molecule has 1 aromatic heterocycles. The fraction of sp³-hybridized carbons (Fsp3) is 0.123. The predicted molar refractivity (Wildman–Crippen MR) is 312 cm³/mol. The minimum Gasteiger partial charge on any atom is -0.448 e. The summed E-state index contributed by atoms with van der Waals surface area (Å²) in [5, 5.41) is 11.4. The molecular weight excluding hydrogens is 1140 g/mol. The van der Waals surface area contributed by atoms with Gasteiger partial charge in [-0.1, -0.05) is 271 Å². The Bertz CT molecular complexity index is 3750. The highest BCUT2D eigenvalue weighted by atomic mass is 35.5. The molecule has 11 rings (SSSR count). The van der Waals surface area contributed by atoms with E-state index < -0.39 is 86.3 Å². The van der Waals surface area contributed by atoms with Crippen molar-refractivity contribution in [1.29, 1.82) is 0 Å². The van der Waals surface area contributed by atoms with Crippen molar-refractivity contribution in [3.8, 4) is 0 Å². The number of carbonyl (C=O) groups excluding carboxylic acids is 3. The van der Waals surface area contributed by atoms with Crippen molar-refractivity contribution in [2.24, 2.45) is 5.16 Å². The monoisotopic (exact) mass is 1180 g/mol. The van der Waals surface area contributed by atoms with Gasteiger partial charge in [0, 0.05) is 23.1 Å². The number of aromatic nitrogens is 1. The molecule has 1 fully saturated rings. The van der Waals surface area contributed by atoms with Crippen LogP contribution in [0.25, 0.3) is 0 Å². The third kappa shape index (κ3) is 10.9. The summed E-state index contributed by atoms with van der Waals surface area (Å²) >= 11 is 8.30. The molecule has 0 unspecified atom stereocenters. The fourth-order valence-corrected chi connectivity index (χ4v) is 12.3. The number of benzene rings is 8. The molecule has 2 amide bonds. The van der Waals surface area contributed by atoms with Crippen LogP contribution in [0.2, 0.25) is 4.34 Å². The van der Waals surface area contributed by atoms with Gasteiger partial charge in [0.1, 0.15) is 21.6 Å². The van der Waals surface area contributed by atoms with Crippen molar-refractivity contribution in [2.45, 2.75) is 47.7 Å². The lowest BCUT2D eigenvalue weighted by atomic mass is 9.77. The van der Waals surface area contributed by atoms with Gasteiger partial charge in [0.15, 0.2) is 28.4 Å². The largest absolute Gasteiger partial charge is 0.534 e. The number of esters is 1. The topological polar surface area (TPSA) is 166 Å². The fourth-order valence-electron chi connectivity index (χ4n) is 10.7. The maximum atomic E-state index is 15.5.